The lowest BCUT2D eigenvalue weighted by molar-refractivity contribution is 0.574. The fourth-order valence-corrected chi connectivity index (χ4v) is 2.28. The molecule has 2 unspecified atom stereocenters. The first-order chi connectivity index (χ1) is 6.03. The van der Waals surface area contributed by atoms with Crippen molar-refractivity contribution in [1.82, 2.24) is 0 Å². The maximum Gasteiger partial charge on any atom is 0.123 e. The first-order valence-electron chi connectivity index (χ1n) is 4.79. The molecule has 1 aromatic rings. The lowest BCUT2D eigenvalue weighted by Gasteiger charge is -2.02. The van der Waals surface area contributed by atoms with Gasteiger partial charge < -0.3 is 0 Å². The van der Waals surface area contributed by atoms with Crippen molar-refractivity contribution in [3.8, 4) is 0 Å². The van der Waals surface area contributed by atoms with Crippen LogP contribution in [0.4, 0.5) is 4.39 Å². The summed E-state index contributed by atoms with van der Waals surface area (Å²) >= 11 is 0. The summed E-state index contributed by atoms with van der Waals surface area (Å²) in [6, 6.07) is 6.92. The Kier molecular flexibility index (Phi) is 1.73. The second kappa shape index (κ2) is 2.57. The molecule has 0 aliphatic heterocycles. The predicted molar refractivity (Wildman–Crippen MR) is 52.1 cm³/mol. The maximum absolute atomic E-state index is 12.7. The Hall–Kier alpha value is -0.850. The van der Waals surface area contributed by atoms with Crippen LogP contribution < -0.4 is 0 Å². The molecule has 0 spiro atoms. The Morgan fingerprint density at radius 2 is 1.62 bits per heavy atom. The average Bonchev–Trinajstić information content (AvgIpc) is 2.55. The van der Waals surface area contributed by atoms with Crippen LogP contribution in [0.1, 0.15) is 32.3 Å². The average molecular weight is 178 g/mol. The molecule has 1 aliphatic rings. The van der Waals surface area contributed by atoms with E-state index in [9.17, 15) is 4.39 Å². The van der Waals surface area contributed by atoms with E-state index in [-0.39, 0.29) is 5.82 Å². The number of benzene rings is 1. The van der Waals surface area contributed by atoms with Gasteiger partial charge in [0.1, 0.15) is 5.82 Å². The molecule has 0 bridgehead atoms. The lowest BCUT2D eigenvalue weighted by atomic mass is 10.0. The number of rotatable bonds is 1. The molecule has 13 heavy (non-hydrogen) atoms. The van der Waals surface area contributed by atoms with E-state index < -0.39 is 0 Å². The van der Waals surface area contributed by atoms with Gasteiger partial charge in [-0.2, -0.15) is 0 Å². The smallest absolute Gasteiger partial charge is 0.123 e. The van der Waals surface area contributed by atoms with Crippen molar-refractivity contribution >= 4 is 0 Å². The zero-order valence-electron chi connectivity index (χ0n) is 8.34. The van der Waals surface area contributed by atoms with Crippen molar-refractivity contribution in [1.29, 1.82) is 0 Å². The summed E-state index contributed by atoms with van der Waals surface area (Å²) < 4.78 is 12.7. The molecule has 1 saturated carbocycles. The monoisotopic (exact) mass is 178 g/mol. The van der Waals surface area contributed by atoms with E-state index in [1.165, 1.54) is 5.56 Å². The van der Waals surface area contributed by atoms with Gasteiger partial charge in [0.05, 0.1) is 0 Å². The van der Waals surface area contributed by atoms with Gasteiger partial charge in [-0.25, -0.2) is 4.39 Å². The van der Waals surface area contributed by atoms with Crippen molar-refractivity contribution < 1.29 is 4.39 Å². The van der Waals surface area contributed by atoms with Crippen LogP contribution in [-0.2, 0) is 0 Å². The summed E-state index contributed by atoms with van der Waals surface area (Å²) in [4.78, 5) is 0. The van der Waals surface area contributed by atoms with E-state index in [4.69, 9.17) is 0 Å². The minimum Gasteiger partial charge on any atom is -0.207 e. The Morgan fingerprint density at radius 1 is 1.15 bits per heavy atom. The second-order valence-electron chi connectivity index (χ2n) is 4.64. The van der Waals surface area contributed by atoms with Gasteiger partial charge in [-0.1, -0.05) is 32.9 Å². The summed E-state index contributed by atoms with van der Waals surface area (Å²) in [6.07, 6.45) is 0. The Balaban J connectivity index is 2.25. The van der Waals surface area contributed by atoms with Crippen molar-refractivity contribution in [3.05, 3.63) is 35.6 Å². The van der Waals surface area contributed by atoms with Gasteiger partial charge in [-0.05, 0) is 34.9 Å². The molecular weight excluding hydrogens is 163 g/mol. The zero-order valence-corrected chi connectivity index (χ0v) is 8.34. The molecule has 0 saturated heterocycles. The van der Waals surface area contributed by atoms with Crippen LogP contribution in [0.5, 0.6) is 0 Å². The molecule has 2 atom stereocenters. The highest BCUT2D eigenvalue weighted by atomic mass is 19.1. The molecule has 0 N–H and O–H groups in total. The molecule has 70 valence electrons. The number of halogens is 1. The fraction of sp³-hybridized carbons (Fsp3) is 0.500. The molecule has 0 amide bonds. The van der Waals surface area contributed by atoms with Crippen LogP contribution in [0, 0.1) is 17.2 Å². The molecule has 0 nitrogen and oxygen atoms in total. The van der Waals surface area contributed by atoms with Gasteiger partial charge in [0.15, 0.2) is 0 Å². The standard InChI is InChI=1S/C12H15F/c1-8-11(12(8,2)3)9-4-6-10(13)7-5-9/h4-8,11H,1-3H3. The molecule has 0 radical (unpaired) electrons. The van der Waals surface area contributed by atoms with Gasteiger partial charge >= 0.3 is 0 Å². The SMILES string of the molecule is CC1C(c2ccc(F)cc2)C1(C)C. The second-order valence-corrected chi connectivity index (χ2v) is 4.64. The first kappa shape index (κ1) is 8.74. The molecule has 2 rings (SSSR count). The minimum absolute atomic E-state index is 0.144. The van der Waals surface area contributed by atoms with E-state index in [0.717, 1.165) is 5.92 Å². The zero-order chi connectivity index (χ0) is 9.64. The summed E-state index contributed by atoms with van der Waals surface area (Å²) in [5.74, 6) is 1.20. The molecule has 1 aliphatic carbocycles. The van der Waals surface area contributed by atoms with E-state index in [1.54, 1.807) is 12.1 Å². The van der Waals surface area contributed by atoms with Gasteiger partial charge in [0, 0.05) is 0 Å². The fourth-order valence-electron chi connectivity index (χ4n) is 2.28. The Bertz CT molecular complexity index is 310. The lowest BCUT2D eigenvalue weighted by Crippen LogP contribution is -1.89. The first-order valence-corrected chi connectivity index (χ1v) is 4.79. The maximum atomic E-state index is 12.7. The topological polar surface area (TPSA) is 0 Å². The molecule has 1 fully saturated rings. The van der Waals surface area contributed by atoms with Gasteiger partial charge in [-0.15, -0.1) is 0 Å². The molecule has 1 aromatic carbocycles. The largest absolute Gasteiger partial charge is 0.207 e. The summed E-state index contributed by atoms with van der Waals surface area (Å²) in [5.41, 5.74) is 1.68. The van der Waals surface area contributed by atoms with Crippen molar-refractivity contribution in [2.45, 2.75) is 26.7 Å². The van der Waals surface area contributed by atoms with Crippen LogP contribution >= 0.6 is 0 Å². The molecular formula is C12H15F. The van der Waals surface area contributed by atoms with Gasteiger partial charge in [0.2, 0.25) is 0 Å². The Labute approximate surface area is 78.8 Å². The third-order valence-corrected chi connectivity index (χ3v) is 3.60. The highest BCUT2D eigenvalue weighted by molar-refractivity contribution is 5.30. The quantitative estimate of drug-likeness (QED) is 0.616. The van der Waals surface area contributed by atoms with Gasteiger partial charge in [-0.3, -0.25) is 0 Å². The summed E-state index contributed by atoms with van der Waals surface area (Å²) in [7, 11) is 0. The van der Waals surface area contributed by atoms with E-state index in [2.05, 4.69) is 20.8 Å². The van der Waals surface area contributed by atoms with Crippen LogP contribution in [0.15, 0.2) is 24.3 Å². The van der Waals surface area contributed by atoms with Crippen molar-refractivity contribution in [3.63, 3.8) is 0 Å². The minimum atomic E-state index is -0.144. The summed E-state index contributed by atoms with van der Waals surface area (Å²) in [5, 5.41) is 0. The van der Waals surface area contributed by atoms with E-state index in [1.807, 2.05) is 12.1 Å². The molecule has 0 heterocycles. The predicted octanol–water partition coefficient (Wildman–Crippen LogP) is 3.59. The third-order valence-electron chi connectivity index (χ3n) is 3.60. The van der Waals surface area contributed by atoms with Crippen LogP contribution in [0.2, 0.25) is 0 Å². The number of hydrogen-bond acceptors (Lipinski definition) is 0. The van der Waals surface area contributed by atoms with E-state index >= 15 is 0 Å². The molecule has 0 aromatic heterocycles. The van der Waals surface area contributed by atoms with E-state index in [0.29, 0.717) is 11.3 Å². The van der Waals surface area contributed by atoms with Crippen LogP contribution in [0.25, 0.3) is 0 Å². The van der Waals surface area contributed by atoms with Crippen molar-refractivity contribution in [2.75, 3.05) is 0 Å². The molecule has 1 heteroatoms. The summed E-state index contributed by atoms with van der Waals surface area (Å²) in [6.45, 7) is 6.80. The van der Waals surface area contributed by atoms with Gasteiger partial charge in [0.25, 0.3) is 0 Å². The van der Waals surface area contributed by atoms with Crippen LogP contribution in [-0.4, -0.2) is 0 Å². The normalized spacial score (nSPS) is 30.2. The highest BCUT2D eigenvalue weighted by Crippen LogP contribution is 2.63. The third kappa shape index (κ3) is 1.27. The number of hydrogen-bond donors (Lipinski definition) is 0. The Morgan fingerprint density at radius 3 is 2.00 bits per heavy atom. The van der Waals surface area contributed by atoms with Crippen molar-refractivity contribution in [2.24, 2.45) is 11.3 Å². The van der Waals surface area contributed by atoms with Crippen LogP contribution in [0.3, 0.4) is 0 Å². The highest BCUT2D eigenvalue weighted by Gasteiger charge is 2.54.